The maximum Gasteiger partial charge on any atom is 0.372 e. The molecule has 0 radical (unpaired) electrons. The Hall–Kier alpha value is -1.14. The average Bonchev–Trinajstić information content (AvgIpc) is 2.95. The SMILES string of the molecule is CCOP(=O)(OCC)C(Cl)=Cc1cc(N2C(=O)C3=C(CCCC3)C2=O)c(Cl)cc1Cl. The highest BCUT2D eigenvalue weighted by Gasteiger charge is 2.40. The van der Waals surface area contributed by atoms with E-state index in [1.807, 2.05) is 0 Å². The highest BCUT2D eigenvalue weighted by Crippen LogP contribution is 2.58. The van der Waals surface area contributed by atoms with Gasteiger partial charge in [-0.2, -0.15) is 0 Å². The third-order valence-corrected chi connectivity index (χ3v) is 8.04. The zero-order chi connectivity index (χ0) is 22.1. The van der Waals surface area contributed by atoms with Gasteiger partial charge in [0.15, 0.2) is 0 Å². The molecule has 0 saturated carbocycles. The van der Waals surface area contributed by atoms with Crippen molar-refractivity contribution in [2.45, 2.75) is 39.5 Å². The standard InChI is InChI=1S/C20H21Cl3NO5P/c1-3-28-30(27,29-4-2)18(23)10-12-9-17(16(22)11-15(12)21)24-19(25)13-7-5-6-8-14(13)20(24)26/h9-11H,3-8H2,1-2H3. The summed E-state index contributed by atoms with van der Waals surface area (Å²) in [5.41, 5.74) is 1.61. The summed E-state index contributed by atoms with van der Waals surface area (Å²) in [5.74, 6) is -0.733. The van der Waals surface area contributed by atoms with Gasteiger partial charge in [0, 0.05) is 16.2 Å². The van der Waals surface area contributed by atoms with Gasteiger partial charge in [0.2, 0.25) is 0 Å². The first-order valence-corrected chi connectivity index (χ1v) is 12.3. The van der Waals surface area contributed by atoms with Gasteiger partial charge in [-0.3, -0.25) is 14.2 Å². The number of benzene rings is 1. The molecule has 1 aliphatic heterocycles. The second kappa shape index (κ2) is 9.56. The van der Waals surface area contributed by atoms with E-state index in [0.29, 0.717) is 29.6 Å². The topological polar surface area (TPSA) is 72.9 Å². The molecule has 0 atom stereocenters. The molecule has 0 N–H and O–H groups in total. The van der Waals surface area contributed by atoms with Crippen molar-refractivity contribution in [1.29, 1.82) is 0 Å². The van der Waals surface area contributed by atoms with E-state index in [4.69, 9.17) is 43.9 Å². The molecule has 0 unspecified atom stereocenters. The Bertz CT molecular complexity index is 966. The predicted octanol–water partition coefficient (Wildman–Crippen LogP) is 6.54. The van der Waals surface area contributed by atoms with E-state index in [9.17, 15) is 14.2 Å². The molecule has 0 bridgehead atoms. The minimum atomic E-state index is -3.71. The highest BCUT2D eigenvalue weighted by molar-refractivity contribution is 7.61. The van der Waals surface area contributed by atoms with Crippen LogP contribution >= 0.6 is 42.4 Å². The van der Waals surface area contributed by atoms with Crippen molar-refractivity contribution < 1.29 is 23.2 Å². The summed E-state index contributed by atoms with van der Waals surface area (Å²) in [6, 6.07) is 2.89. The maximum atomic E-state index is 12.9. The molecule has 1 aliphatic carbocycles. The molecule has 1 aromatic rings. The van der Waals surface area contributed by atoms with Crippen LogP contribution in [0, 0.1) is 0 Å². The largest absolute Gasteiger partial charge is 0.372 e. The summed E-state index contributed by atoms with van der Waals surface area (Å²) >= 11 is 18.9. The Kier molecular flexibility index (Phi) is 7.49. The Morgan fingerprint density at radius 1 is 1.03 bits per heavy atom. The quantitative estimate of drug-likeness (QED) is 0.319. The summed E-state index contributed by atoms with van der Waals surface area (Å²) in [4.78, 5) is 26.8. The number of anilines is 1. The third kappa shape index (κ3) is 4.40. The van der Waals surface area contributed by atoms with Crippen LogP contribution in [0.5, 0.6) is 0 Å². The number of carbonyl (C=O) groups excluding carboxylic acids is 2. The summed E-state index contributed by atoms with van der Waals surface area (Å²) in [5, 5.41) is 0.353. The number of hydrogen-bond donors (Lipinski definition) is 0. The lowest BCUT2D eigenvalue weighted by atomic mass is 9.93. The number of amides is 2. The minimum absolute atomic E-state index is 0.134. The first kappa shape index (κ1) is 23.5. The van der Waals surface area contributed by atoms with Crippen molar-refractivity contribution in [2.75, 3.05) is 18.1 Å². The van der Waals surface area contributed by atoms with Crippen molar-refractivity contribution >= 4 is 66.0 Å². The Morgan fingerprint density at radius 3 is 2.07 bits per heavy atom. The van der Waals surface area contributed by atoms with E-state index >= 15 is 0 Å². The van der Waals surface area contributed by atoms with Gasteiger partial charge in [0.25, 0.3) is 11.8 Å². The first-order valence-electron chi connectivity index (χ1n) is 9.60. The smallest absolute Gasteiger partial charge is 0.305 e. The summed E-state index contributed by atoms with van der Waals surface area (Å²) in [6.07, 6.45) is 4.23. The van der Waals surface area contributed by atoms with E-state index in [1.165, 1.54) is 18.2 Å². The minimum Gasteiger partial charge on any atom is -0.305 e. The van der Waals surface area contributed by atoms with Crippen molar-refractivity contribution in [3.63, 3.8) is 0 Å². The molecule has 6 nitrogen and oxygen atoms in total. The normalized spacial score (nSPS) is 17.8. The second-order valence-electron chi connectivity index (χ2n) is 6.74. The zero-order valence-corrected chi connectivity index (χ0v) is 19.7. The maximum absolute atomic E-state index is 12.9. The van der Waals surface area contributed by atoms with Crippen LogP contribution in [0.1, 0.15) is 45.1 Å². The van der Waals surface area contributed by atoms with E-state index in [0.717, 1.165) is 17.7 Å². The lowest BCUT2D eigenvalue weighted by Crippen LogP contribution is -2.31. The fourth-order valence-corrected chi connectivity index (χ4v) is 5.73. The number of hydrogen-bond acceptors (Lipinski definition) is 5. The number of carbonyl (C=O) groups is 2. The number of imide groups is 1. The molecule has 1 aromatic carbocycles. The van der Waals surface area contributed by atoms with Crippen LogP contribution in [0.3, 0.4) is 0 Å². The third-order valence-electron chi connectivity index (χ3n) is 4.83. The van der Waals surface area contributed by atoms with Gasteiger partial charge >= 0.3 is 7.60 Å². The van der Waals surface area contributed by atoms with Gasteiger partial charge < -0.3 is 9.05 Å². The molecular weight excluding hydrogens is 472 g/mol. The molecule has 2 aliphatic rings. The zero-order valence-electron chi connectivity index (χ0n) is 16.5. The monoisotopic (exact) mass is 491 g/mol. The Balaban J connectivity index is 2.02. The summed E-state index contributed by atoms with van der Waals surface area (Å²) in [6.45, 7) is 3.61. The lowest BCUT2D eigenvalue weighted by Gasteiger charge is -2.19. The molecule has 0 fully saturated rings. The van der Waals surface area contributed by atoms with Crippen LogP contribution in [-0.2, 0) is 23.2 Å². The van der Waals surface area contributed by atoms with Gasteiger partial charge in [-0.1, -0.05) is 34.8 Å². The number of nitrogens with zero attached hydrogens (tertiary/aromatic N) is 1. The molecular formula is C20H21Cl3NO5P. The van der Waals surface area contributed by atoms with Crippen LogP contribution in [0.15, 0.2) is 28.1 Å². The predicted molar refractivity (Wildman–Crippen MR) is 119 cm³/mol. The van der Waals surface area contributed by atoms with E-state index in [2.05, 4.69) is 0 Å². The van der Waals surface area contributed by atoms with Crippen molar-refractivity contribution in [3.05, 3.63) is 43.7 Å². The number of halogens is 3. The van der Waals surface area contributed by atoms with E-state index in [1.54, 1.807) is 13.8 Å². The van der Waals surface area contributed by atoms with Crippen LogP contribution in [0.25, 0.3) is 6.08 Å². The van der Waals surface area contributed by atoms with Crippen LogP contribution in [0.4, 0.5) is 5.69 Å². The van der Waals surface area contributed by atoms with Gasteiger partial charge in [-0.25, -0.2) is 4.90 Å². The number of rotatable bonds is 7. The van der Waals surface area contributed by atoms with Crippen molar-refractivity contribution in [2.24, 2.45) is 0 Å². The molecule has 0 saturated heterocycles. The molecule has 2 amide bonds. The second-order valence-corrected chi connectivity index (χ2v) is 10.2. The first-order chi connectivity index (χ1) is 14.2. The van der Waals surface area contributed by atoms with Gasteiger partial charge in [0.1, 0.15) is 4.77 Å². The molecule has 162 valence electrons. The van der Waals surface area contributed by atoms with Crippen LogP contribution in [0.2, 0.25) is 10.0 Å². The van der Waals surface area contributed by atoms with Gasteiger partial charge in [-0.05, 0) is 63.3 Å². The lowest BCUT2D eigenvalue weighted by molar-refractivity contribution is -0.120. The van der Waals surface area contributed by atoms with Crippen molar-refractivity contribution in [3.8, 4) is 0 Å². The van der Waals surface area contributed by atoms with E-state index in [-0.39, 0.29) is 45.5 Å². The van der Waals surface area contributed by atoms with Crippen LogP contribution in [-0.4, -0.2) is 25.0 Å². The van der Waals surface area contributed by atoms with Gasteiger partial charge in [0.05, 0.1) is 23.9 Å². The molecule has 0 spiro atoms. The Morgan fingerprint density at radius 2 is 1.57 bits per heavy atom. The fraction of sp³-hybridized carbons (Fsp3) is 0.400. The summed E-state index contributed by atoms with van der Waals surface area (Å²) in [7, 11) is -3.71. The molecule has 10 heteroatoms. The van der Waals surface area contributed by atoms with E-state index < -0.39 is 7.60 Å². The molecule has 1 heterocycles. The highest BCUT2D eigenvalue weighted by atomic mass is 35.5. The van der Waals surface area contributed by atoms with Gasteiger partial charge in [-0.15, -0.1) is 0 Å². The van der Waals surface area contributed by atoms with Crippen molar-refractivity contribution in [1.82, 2.24) is 0 Å². The molecule has 0 aromatic heterocycles. The molecule has 30 heavy (non-hydrogen) atoms. The van der Waals surface area contributed by atoms with Crippen LogP contribution < -0.4 is 4.90 Å². The fourth-order valence-electron chi connectivity index (χ4n) is 3.50. The average molecular weight is 493 g/mol. The molecule has 3 rings (SSSR count). The summed E-state index contributed by atoms with van der Waals surface area (Å²) < 4.78 is 23.2. The Labute approximate surface area is 190 Å².